The number of anilines is 1. The van der Waals surface area contributed by atoms with Crippen molar-refractivity contribution in [2.45, 2.75) is 13.0 Å². The summed E-state index contributed by atoms with van der Waals surface area (Å²) in [4.78, 5) is 28.3. The van der Waals surface area contributed by atoms with Gasteiger partial charge in [0.25, 0.3) is 0 Å². The fourth-order valence-electron chi connectivity index (χ4n) is 2.98. The van der Waals surface area contributed by atoms with E-state index in [9.17, 15) is 9.59 Å². The normalized spacial score (nSPS) is 13.9. The second-order valence-corrected chi connectivity index (χ2v) is 8.38. The van der Waals surface area contributed by atoms with E-state index in [1.54, 1.807) is 11.9 Å². The molecule has 0 aromatic heterocycles. The Hall–Kier alpha value is -2.18. The molecule has 5 nitrogen and oxygen atoms in total. The van der Waals surface area contributed by atoms with Crippen molar-refractivity contribution in [3.63, 3.8) is 0 Å². The Labute approximate surface area is 175 Å². The Bertz CT molecular complexity index is 823. The van der Waals surface area contributed by atoms with Gasteiger partial charge in [0.1, 0.15) is 0 Å². The minimum absolute atomic E-state index is 0.163. The number of amides is 3. The van der Waals surface area contributed by atoms with Crippen LogP contribution in [0.4, 0.5) is 10.5 Å². The molecule has 148 valence electrons. The summed E-state index contributed by atoms with van der Waals surface area (Å²) in [6.45, 7) is 2.08. The highest BCUT2D eigenvalue weighted by Crippen LogP contribution is 2.18. The van der Waals surface area contributed by atoms with Crippen LogP contribution in [0.1, 0.15) is 11.1 Å². The van der Waals surface area contributed by atoms with Crippen molar-refractivity contribution in [2.75, 3.05) is 37.0 Å². The van der Waals surface area contributed by atoms with Gasteiger partial charge < -0.3 is 15.1 Å². The van der Waals surface area contributed by atoms with E-state index in [4.69, 9.17) is 11.6 Å². The summed E-state index contributed by atoms with van der Waals surface area (Å²) in [6.07, 6.45) is 0.394. The third-order valence-corrected chi connectivity index (χ3v) is 5.95. The van der Waals surface area contributed by atoms with Crippen LogP contribution in [0.5, 0.6) is 0 Å². The Balaban J connectivity index is 1.52. The van der Waals surface area contributed by atoms with Gasteiger partial charge in [-0.1, -0.05) is 41.9 Å². The molecule has 1 N–H and O–H groups in total. The van der Waals surface area contributed by atoms with E-state index >= 15 is 0 Å². The van der Waals surface area contributed by atoms with Crippen LogP contribution < -0.4 is 5.32 Å². The van der Waals surface area contributed by atoms with Crippen LogP contribution in [0.3, 0.4) is 0 Å². The number of urea groups is 1. The number of carbonyl (C=O) groups is 2. The SMILES string of the molecule is CN(Cc1ccccc1Cl)C(=O)Nc1ccc(CC(=O)N2CCSCC2)cc1. The molecule has 0 saturated carbocycles. The number of hydrogen-bond acceptors (Lipinski definition) is 3. The number of rotatable bonds is 5. The highest BCUT2D eigenvalue weighted by molar-refractivity contribution is 7.99. The first-order valence-electron chi connectivity index (χ1n) is 9.23. The molecule has 1 aliphatic heterocycles. The maximum absolute atomic E-state index is 12.4. The summed E-state index contributed by atoms with van der Waals surface area (Å²) >= 11 is 8.05. The van der Waals surface area contributed by atoms with Crippen molar-refractivity contribution in [2.24, 2.45) is 0 Å². The molecule has 1 aliphatic rings. The maximum atomic E-state index is 12.4. The second kappa shape index (κ2) is 9.85. The third kappa shape index (κ3) is 5.66. The van der Waals surface area contributed by atoms with E-state index in [2.05, 4.69) is 5.32 Å². The van der Waals surface area contributed by atoms with Gasteiger partial charge in [-0.25, -0.2) is 4.79 Å². The fraction of sp³-hybridized carbons (Fsp3) is 0.333. The Morgan fingerprint density at radius 1 is 1.11 bits per heavy atom. The monoisotopic (exact) mass is 417 g/mol. The lowest BCUT2D eigenvalue weighted by Crippen LogP contribution is -2.38. The molecule has 0 bridgehead atoms. The number of nitrogens with zero attached hydrogens (tertiary/aromatic N) is 2. The lowest BCUT2D eigenvalue weighted by Gasteiger charge is -2.26. The summed E-state index contributed by atoms with van der Waals surface area (Å²) in [5.74, 6) is 2.19. The van der Waals surface area contributed by atoms with E-state index in [1.165, 1.54) is 0 Å². The molecule has 2 aromatic carbocycles. The molecule has 0 radical (unpaired) electrons. The number of carbonyl (C=O) groups excluding carboxylic acids is 2. The van der Waals surface area contributed by atoms with Crippen LogP contribution in [0.2, 0.25) is 5.02 Å². The summed E-state index contributed by atoms with van der Waals surface area (Å²) in [5.41, 5.74) is 2.54. The first-order valence-corrected chi connectivity index (χ1v) is 10.8. The molecule has 0 aliphatic carbocycles. The zero-order chi connectivity index (χ0) is 19.9. The highest BCUT2D eigenvalue weighted by atomic mass is 35.5. The first-order chi connectivity index (χ1) is 13.5. The number of hydrogen-bond donors (Lipinski definition) is 1. The number of thioether (sulfide) groups is 1. The van der Waals surface area contributed by atoms with Gasteiger partial charge in [0.05, 0.1) is 6.42 Å². The van der Waals surface area contributed by atoms with Crippen LogP contribution in [0.25, 0.3) is 0 Å². The van der Waals surface area contributed by atoms with Gasteiger partial charge in [0.2, 0.25) is 5.91 Å². The standard InChI is InChI=1S/C21H24ClN3O2S/c1-24(15-17-4-2-3-5-19(17)22)21(27)23-18-8-6-16(7-9-18)14-20(26)25-10-12-28-13-11-25/h2-9H,10-15H2,1H3,(H,23,27). The highest BCUT2D eigenvalue weighted by Gasteiger charge is 2.17. The van der Waals surface area contributed by atoms with Crippen LogP contribution in [0, 0.1) is 0 Å². The van der Waals surface area contributed by atoms with Crippen molar-refractivity contribution >= 4 is 41.0 Å². The van der Waals surface area contributed by atoms with Crippen molar-refractivity contribution in [1.29, 1.82) is 0 Å². The molecular weight excluding hydrogens is 394 g/mol. The fourth-order valence-corrected chi connectivity index (χ4v) is 4.08. The quantitative estimate of drug-likeness (QED) is 0.796. The lowest BCUT2D eigenvalue weighted by molar-refractivity contribution is -0.130. The van der Waals surface area contributed by atoms with Crippen LogP contribution in [-0.4, -0.2) is 53.4 Å². The Kier molecular flexibility index (Phi) is 7.23. The average Bonchev–Trinajstić information content (AvgIpc) is 2.71. The van der Waals surface area contributed by atoms with Gasteiger partial charge in [-0.05, 0) is 29.3 Å². The van der Waals surface area contributed by atoms with Crippen LogP contribution in [0.15, 0.2) is 48.5 Å². The van der Waals surface area contributed by atoms with E-state index in [1.807, 2.05) is 65.2 Å². The molecule has 2 aromatic rings. The minimum Gasteiger partial charge on any atom is -0.341 e. The molecule has 7 heteroatoms. The molecule has 0 spiro atoms. The summed E-state index contributed by atoms with van der Waals surface area (Å²) in [5, 5.41) is 3.51. The van der Waals surface area contributed by atoms with Crippen molar-refractivity contribution in [3.8, 4) is 0 Å². The topological polar surface area (TPSA) is 52.7 Å². The van der Waals surface area contributed by atoms with E-state index in [-0.39, 0.29) is 11.9 Å². The molecule has 1 heterocycles. The summed E-state index contributed by atoms with van der Waals surface area (Å²) in [6, 6.07) is 14.7. The van der Waals surface area contributed by atoms with Gasteiger partial charge in [-0.3, -0.25) is 4.79 Å². The molecular formula is C21H24ClN3O2S. The number of benzene rings is 2. The van der Waals surface area contributed by atoms with Gasteiger partial charge in [-0.2, -0.15) is 11.8 Å². The van der Waals surface area contributed by atoms with E-state index < -0.39 is 0 Å². The molecule has 0 atom stereocenters. The van der Waals surface area contributed by atoms with Crippen molar-refractivity contribution < 1.29 is 9.59 Å². The van der Waals surface area contributed by atoms with E-state index in [0.29, 0.717) is 23.7 Å². The summed E-state index contributed by atoms with van der Waals surface area (Å²) < 4.78 is 0. The van der Waals surface area contributed by atoms with Gasteiger partial charge in [0.15, 0.2) is 0 Å². The summed E-state index contributed by atoms with van der Waals surface area (Å²) in [7, 11) is 1.72. The van der Waals surface area contributed by atoms with Crippen molar-refractivity contribution in [3.05, 3.63) is 64.7 Å². The molecule has 28 heavy (non-hydrogen) atoms. The van der Waals surface area contributed by atoms with E-state index in [0.717, 1.165) is 35.7 Å². The average molecular weight is 418 g/mol. The Morgan fingerprint density at radius 2 is 1.79 bits per heavy atom. The molecule has 0 unspecified atom stereocenters. The maximum Gasteiger partial charge on any atom is 0.321 e. The zero-order valence-electron chi connectivity index (χ0n) is 15.9. The number of nitrogens with one attached hydrogen (secondary N) is 1. The largest absolute Gasteiger partial charge is 0.341 e. The first kappa shape index (κ1) is 20.6. The van der Waals surface area contributed by atoms with Gasteiger partial charge >= 0.3 is 6.03 Å². The lowest BCUT2D eigenvalue weighted by atomic mass is 10.1. The van der Waals surface area contributed by atoms with Crippen LogP contribution in [-0.2, 0) is 17.8 Å². The molecule has 3 rings (SSSR count). The minimum atomic E-state index is -0.213. The van der Waals surface area contributed by atoms with Crippen LogP contribution >= 0.6 is 23.4 Å². The molecule has 1 saturated heterocycles. The Morgan fingerprint density at radius 3 is 2.46 bits per heavy atom. The predicted molar refractivity (Wildman–Crippen MR) is 116 cm³/mol. The second-order valence-electron chi connectivity index (χ2n) is 6.74. The van der Waals surface area contributed by atoms with Crippen molar-refractivity contribution in [1.82, 2.24) is 9.80 Å². The van der Waals surface area contributed by atoms with Gasteiger partial charge in [0, 0.05) is 48.9 Å². The van der Waals surface area contributed by atoms with Gasteiger partial charge in [-0.15, -0.1) is 0 Å². The predicted octanol–water partition coefficient (Wildman–Crippen LogP) is 4.12. The number of halogens is 1. The molecule has 1 fully saturated rings. The molecule has 3 amide bonds. The zero-order valence-corrected chi connectivity index (χ0v) is 17.4. The smallest absolute Gasteiger partial charge is 0.321 e. The third-order valence-electron chi connectivity index (χ3n) is 4.64.